The Labute approximate surface area is 165 Å². The van der Waals surface area contributed by atoms with Gasteiger partial charge in [0, 0.05) is 35.6 Å². The summed E-state index contributed by atoms with van der Waals surface area (Å²) < 4.78 is 1.14. The van der Waals surface area contributed by atoms with Gasteiger partial charge in [-0.2, -0.15) is 0 Å². The van der Waals surface area contributed by atoms with E-state index in [2.05, 4.69) is 15.7 Å². The average molecular weight is 416 g/mol. The van der Waals surface area contributed by atoms with E-state index in [-0.39, 0.29) is 6.03 Å². The maximum Gasteiger partial charge on any atom is 0.321 e. The van der Waals surface area contributed by atoms with Gasteiger partial charge in [0.25, 0.3) is 0 Å². The molecule has 1 aromatic heterocycles. The van der Waals surface area contributed by atoms with Crippen LogP contribution in [0.1, 0.15) is 18.5 Å². The predicted octanol–water partition coefficient (Wildman–Crippen LogP) is 5.79. The van der Waals surface area contributed by atoms with Crippen LogP contribution < -0.4 is 5.32 Å². The number of amides is 2. The topological polar surface area (TPSA) is 45.2 Å². The Balaban J connectivity index is 1.44. The number of hydrogen-bond donors (Lipinski definition) is 1. The number of likely N-dealkylation sites (tertiary alicyclic amines) is 1. The monoisotopic (exact) mass is 415 g/mol. The highest BCUT2D eigenvalue weighted by Gasteiger charge is 2.23. The summed E-state index contributed by atoms with van der Waals surface area (Å²) >= 11 is 15.4. The molecule has 134 valence electrons. The van der Waals surface area contributed by atoms with Gasteiger partial charge >= 0.3 is 6.03 Å². The number of halogens is 2. The molecule has 1 aliphatic rings. The smallest absolute Gasteiger partial charge is 0.321 e. The highest BCUT2D eigenvalue weighted by molar-refractivity contribution is 8.01. The highest BCUT2D eigenvalue weighted by atomic mass is 35.5. The number of carbonyl (C=O) groups is 1. The number of hydrogen-bond acceptors (Lipinski definition) is 4. The number of aromatic nitrogens is 1. The summed E-state index contributed by atoms with van der Waals surface area (Å²) in [6.07, 6.45) is 2.04. The summed E-state index contributed by atoms with van der Waals surface area (Å²) in [6.45, 7) is 3.57. The van der Waals surface area contributed by atoms with Crippen LogP contribution in [0.3, 0.4) is 0 Å². The quantitative estimate of drug-likeness (QED) is 0.642. The molecule has 4 nitrogen and oxygen atoms in total. The van der Waals surface area contributed by atoms with Crippen LogP contribution in [-0.4, -0.2) is 34.8 Å². The van der Waals surface area contributed by atoms with Gasteiger partial charge in [0.2, 0.25) is 0 Å². The number of anilines is 1. The fourth-order valence-corrected chi connectivity index (χ4v) is 5.03. The molecule has 0 unspecified atom stereocenters. The van der Waals surface area contributed by atoms with E-state index in [0.717, 1.165) is 41.7 Å². The minimum Gasteiger partial charge on any atom is -0.325 e. The minimum absolute atomic E-state index is 0.0833. The fraction of sp³-hybridized carbons (Fsp3) is 0.412. The number of thioether (sulfide) groups is 1. The van der Waals surface area contributed by atoms with Gasteiger partial charge in [-0.05, 0) is 43.9 Å². The number of urea groups is 1. The summed E-state index contributed by atoms with van der Waals surface area (Å²) in [5.41, 5.74) is 1.75. The second-order valence-electron chi connectivity index (χ2n) is 6.06. The largest absolute Gasteiger partial charge is 0.325 e. The van der Waals surface area contributed by atoms with Gasteiger partial charge in [0.05, 0.1) is 10.0 Å². The van der Waals surface area contributed by atoms with Gasteiger partial charge in [-0.1, -0.05) is 35.0 Å². The number of benzene rings is 1. The van der Waals surface area contributed by atoms with Gasteiger partial charge < -0.3 is 10.2 Å². The van der Waals surface area contributed by atoms with Gasteiger partial charge in [0.1, 0.15) is 4.34 Å². The molecule has 0 atom stereocenters. The molecule has 0 spiro atoms. The number of thiazole rings is 1. The lowest BCUT2D eigenvalue weighted by molar-refractivity contribution is 0.187. The van der Waals surface area contributed by atoms with Crippen molar-refractivity contribution in [2.45, 2.75) is 24.1 Å². The van der Waals surface area contributed by atoms with Crippen molar-refractivity contribution in [3.8, 4) is 0 Å². The standard InChI is InChI=1S/C17H19Cl2N3OS2/c1-11-9-24-17(20-11)25-10-12-4-6-22(7-5-12)16(23)21-13-2-3-14(18)15(19)8-13/h2-3,8-9,12H,4-7,10H2,1H3,(H,21,23). The fourth-order valence-electron chi connectivity index (χ4n) is 2.67. The van der Waals surface area contributed by atoms with Crippen LogP contribution >= 0.6 is 46.3 Å². The average Bonchev–Trinajstić information content (AvgIpc) is 3.02. The first-order valence-corrected chi connectivity index (χ1v) is 10.7. The zero-order valence-electron chi connectivity index (χ0n) is 13.8. The van der Waals surface area contributed by atoms with Crippen LogP contribution in [0.15, 0.2) is 27.9 Å². The first-order valence-electron chi connectivity index (χ1n) is 8.07. The second kappa shape index (κ2) is 8.62. The van der Waals surface area contributed by atoms with Crippen molar-refractivity contribution in [2.75, 3.05) is 24.2 Å². The molecule has 8 heteroatoms. The molecule has 2 heterocycles. The van der Waals surface area contributed by atoms with Crippen molar-refractivity contribution in [1.29, 1.82) is 0 Å². The second-order valence-corrected chi connectivity index (χ2v) is 8.99. The molecule has 0 radical (unpaired) electrons. The van der Waals surface area contributed by atoms with E-state index in [4.69, 9.17) is 23.2 Å². The number of rotatable bonds is 4. The lowest BCUT2D eigenvalue weighted by Gasteiger charge is -2.31. The zero-order chi connectivity index (χ0) is 17.8. The van der Waals surface area contributed by atoms with E-state index in [1.807, 2.05) is 23.6 Å². The van der Waals surface area contributed by atoms with Gasteiger partial charge in [0.15, 0.2) is 0 Å². The predicted molar refractivity (Wildman–Crippen MR) is 107 cm³/mol. The summed E-state index contributed by atoms with van der Waals surface area (Å²) in [4.78, 5) is 18.7. The van der Waals surface area contributed by atoms with Crippen molar-refractivity contribution in [2.24, 2.45) is 5.92 Å². The van der Waals surface area contributed by atoms with E-state index < -0.39 is 0 Å². The Morgan fingerprint density at radius 1 is 1.36 bits per heavy atom. The van der Waals surface area contributed by atoms with E-state index >= 15 is 0 Å². The van der Waals surface area contributed by atoms with Crippen molar-refractivity contribution >= 4 is 58.0 Å². The van der Waals surface area contributed by atoms with Crippen LogP contribution in [0.2, 0.25) is 10.0 Å². The molecule has 1 aliphatic heterocycles. The van der Waals surface area contributed by atoms with Gasteiger partial charge in [-0.25, -0.2) is 9.78 Å². The molecule has 0 saturated carbocycles. The van der Waals surface area contributed by atoms with Crippen molar-refractivity contribution < 1.29 is 4.79 Å². The number of aryl methyl sites for hydroxylation is 1. The molecule has 0 bridgehead atoms. The number of nitrogens with zero attached hydrogens (tertiary/aromatic N) is 2. The zero-order valence-corrected chi connectivity index (χ0v) is 16.9. The normalized spacial score (nSPS) is 15.4. The van der Waals surface area contributed by atoms with Crippen molar-refractivity contribution in [1.82, 2.24) is 9.88 Å². The van der Waals surface area contributed by atoms with Crippen LogP contribution in [0.4, 0.5) is 10.5 Å². The summed E-state index contributed by atoms with van der Waals surface area (Å²) in [5.74, 6) is 1.69. The molecule has 1 N–H and O–H groups in total. The number of piperidine rings is 1. The van der Waals surface area contributed by atoms with E-state index in [0.29, 0.717) is 21.7 Å². The lowest BCUT2D eigenvalue weighted by Crippen LogP contribution is -2.41. The molecule has 25 heavy (non-hydrogen) atoms. The third-order valence-electron chi connectivity index (χ3n) is 4.11. The van der Waals surface area contributed by atoms with Crippen molar-refractivity contribution in [3.63, 3.8) is 0 Å². The lowest BCUT2D eigenvalue weighted by atomic mass is 9.99. The van der Waals surface area contributed by atoms with E-state index in [9.17, 15) is 4.79 Å². The summed E-state index contributed by atoms with van der Waals surface area (Å²) in [5, 5.41) is 5.88. The molecule has 1 fully saturated rings. The first-order chi connectivity index (χ1) is 12.0. The summed E-state index contributed by atoms with van der Waals surface area (Å²) in [7, 11) is 0. The van der Waals surface area contributed by atoms with Crippen LogP contribution in [-0.2, 0) is 0 Å². The molecule has 2 amide bonds. The van der Waals surface area contributed by atoms with Crippen LogP contribution in [0, 0.1) is 12.8 Å². The summed E-state index contributed by atoms with van der Waals surface area (Å²) in [6, 6.07) is 5.02. The van der Waals surface area contributed by atoms with Crippen LogP contribution in [0.5, 0.6) is 0 Å². The Hall–Kier alpha value is -0.950. The minimum atomic E-state index is -0.0833. The number of nitrogens with one attached hydrogen (secondary N) is 1. The molecular formula is C17H19Cl2N3OS2. The molecular weight excluding hydrogens is 397 g/mol. The van der Waals surface area contributed by atoms with E-state index in [1.165, 1.54) is 0 Å². The Morgan fingerprint density at radius 2 is 2.12 bits per heavy atom. The highest BCUT2D eigenvalue weighted by Crippen LogP contribution is 2.29. The van der Waals surface area contributed by atoms with E-state index in [1.54, 1.807) is 29.5 Å². The van der Waals surface area contributed by atoms with Gasteiger partial charge in [-0.15, -0.1) is 11.3 Å². The van der Waals surface area contributed by atoms with Crippen molar-refractivity contribution in [3.05, 3.63) is 39.3 Å². The molecule has 3 rings (SSSR count). The Kier molecular flexibility index (Phi) is 6.49. The SMILES string of the molecule is Cc1csc(SCC2CCN(C(=O)Nc3ccc(Cl)c(Cl)c3)CC2)n1. The van der Waals surface area contributed by atoms with Crippen LogP contribution in [0.25, 0.3) is 0 Å². The Bertz CT molecular complexity index is 745. The molecule has 1 saturated heterocycles. The third-order valence-corrected chi connectivity index (χ3v) is 7.22. The maximum atomic E-state index is 12.4. The first kappa shape index (κ1) is 18.8. The number of carbonyl (C=O) groups excluding carboxylic acids is 1. The molecule has 0 aliphatic carbocycles. The molecule has 2 aromatic rings. The maximum absolute atomic E-state index is 12.4. The third kappa shape index (κ3) is 5.26. The van der Waals surface area contributed by atoms with Gasteiger partial charge in [-0.3, -0.25) is 0 Å². The molecule has 1 aromatic carbocycles. The Morgan fingerprint density at radius 3 is 2.76 bits per heavy atom.